The summed E-state index contributed by atoms with van der Waals surface area (Å²) in [5.41, 5.74) is 1.34. The first-order valence-corrected chi connectivity index (χ1v) is 12.9. The summed E-state index contributed by atoms with van der Waals surface area (Å²) >= 11 is 0. The highest BCUT2D eigenvalue weighted by atomic mass is 16.5. The van der Waals surface area contributed by atoms with Gasteiger partial charge < -0.3 is 29.7 Å². The zero-order chi connectivity index (χ0) is 24.6. The molecule has 2 aliphatic rings. The van der Waals surface area contributed by atoms with Crippen LogP contribution in [-0.2, 0) is 0 Å². The maximum atomic E-state index is 12.2. The second-order valence-electron chi connectivity index (χ2n) is 9.86. The predicted molar refractivity (Wildman–Crippen MR) is 132 cm³/mol. The van der Waals surface area contributed by atoms with Gasteiger partial charge in [-0.25, -0.2) is 0 Å². The topological polar surface area (TPSA) is 121 Å². The van der Waals surface area contributed by atoms with E-state index in [1.54, 1.807) is 12.1 Å². The lowest BCUT2D eigenvalue weighted by Crippen LogP contribution is -2.34. The number of aryl methyl sites for hydroxylation is 1. The van der Waals surface area contributed by atoms with Gasteiger partial charge in [0.25, 0.3) is 11.9 Å². The Morgan fingerprint density at radius 2 is 2.03 bits per heavy atom. The van der Waals surface area contributed by atoms with E-state index < -0.39 is 6.10 Å². The summed E-state index contributed by atoms with van der Waals surface area (Å²) in [5, 5.41) is 25.1. The molecule has 1 aliphatic heterocycles. The van der Waals surface area contributed by atoms with Gasteiger partial charge in [-0.2, -0.15) is 4.98 Å². The number of ether oxygens (including phenoxy) is 1. The molecule has 3 N–H and O–H groups in total. The lowest BCUT2D eigenvalue weighted by molar-refractivity contribution is 0.0801. The Hall–Kier alpha value is -2.65. The van der Waals surface area contributed by atoms with E-state index in [1.807, 2.05) is 13.0 Å². The second-order valence-corrected chi connectivity index (χ2v) is 9.86. The number of hydrogen-bond donors (Lipinski definition) is 3. The molecule has 1 amide bonds. The monoisotopic (exact) mass is 486 g/mol. The summed E-state index contributed by atoms with van der Waals surface area (Å²) in [7, 11) is 0. The van der Waals surface area contributed by atoms with Gasteiger partial charge in [0.05, 0.1) is 19.3 Å². The molecule has 0 bridgehead atoms. The van der Waals surface area contributed by atoms with Crippen LogP contribution in [0.15, 0.2) is 22.7 Å². The van der Waals surface area contributed by atoms with E-state index in [9.17, 15) is 9.90 Å². The Balaban J connectivity index is 1.14. The van der Waals surface area contributed by atoms with Crippen LogP contribution in [0.5, 0.6) is 5.75 Å². The van der Waals surface area contributed by atoms with E-state index in [-0.39, 0.29) is 19.1 Å². The summed E-state index contributed by atoms with van der Waals surface area (Å²) < 4.78 is 11.5. The Labute approximate surface area is 206 Å². The number of nitrogens with zero attached hydrogens (tertiary/aromatic N) is 3. The van der Waals surface area contributed by atoms with Crippen molar-refractivity contribution in [2.24, 2.45) is 5.92 Å². The van der Waals surface area contributed by atoms with E-state index in [0.29, 0.717) is 24.0 Å². The van der Waals surface area contributed by atoms with Crippen LogP contribution in [-0.4, -0.2) is 65.2 Å². The van der Waals surface area contributed by atoms with Crippen LogP contribution in [0.4, 0.5) is 5.95 Å². The fourth-order valence-electron chi connectivity index (χ4n) is 5.03. The number of piperidine rings is 1. The molecule has 192 valence electrons. The highest BCUT2D eigenvalue weighted by Crippen LogP contribution is 2.34. The molecule has 2 heterocycles. The highest BCUT2D eigenvalue weighted by Gasteiger charge is 2.26. The predicted octanol–water partition coefficient (Wildman–Crippen LogP) is 3.19. The molecule has 2 fully saturated rings. The number of carbonyl (C=O) groups is 1. The first-order chi connectivity index (χ1) is 17.0. The van der Waals surface area contributed by atoms with Gasteiger partial charge in [-0.05, 0) is 80.3 Å². The number of aliphatic hydroxyl groups is 2. The molecule has 1 aliphatic carbocycles. The van der Waals surface area contributed by atoms with Gasteiger partial charge in [0.1, 0.15) is 5.75 Å². The number of amides is 1. The molecule has 0 unspecified atom stereocenters. The Morgan fingerprint density at radius 1 is 1.26 bits per heavy atom. The van der Waals surface area contributed by atoms with Crippen LogP contribution in [0, 0.1) is 12.8 Å². The van der Waals surface area contributed by atoms with Gasteiger partial charge in [-0.1, -0.05) is 12.8 Å². The van der Waals surface area contributed by atoms with Crippen LogP contribution in [0.1, 0.15) is 79.1 Å². The van der Waals surface area contributed by atoms with Gasteiger partial charge >= 0.3 is 0 Å². The third-order valence-corrected chi connectivity index (χ3v) is 7.21. The van der Waals surface area contributed by atoms with E-state index in [4.69, 9.17) is 14.4 Å². The largest absolute Gasteiger partial charge is 0.494 e. The Morgan fingerprint density at radius 3 is 2.74 bits per heavy atom. The molecular formula is C26H38N4O5. The van der Waals surface area contributed by atoms with E-state index in [2.05, 4.69) is 20.4 Å². The van der Waals surface area contributed by atoms with Crippen molar-refractivity contribution < 1.29 is 24.3 Å². The second kappa shape index (κ2) is 12.4. The zero-order valence-corrected chi connectivity index (χ0v) is 20.6. The molecule has 0 radical (unpaired) electrons. The number of nitrogens with one attached hydrogen (secondary N) is 1. The van der Waals surface area contributed by atoms with Crippen LogP contribution >= 0.6 is 0 Å². The van der Waals surface area contributed by atoms with Gasteiger partial charge in [-0.15, -0.1) is 0 Å². The van der Waals surface area contributed by atoms with Crippen molar-refractivity contribution in [3.05, 3.63) is 35.2 Å². The number of rotatable bonds is 11. The molecule has 4 rings (SSSR count). The molecule has 1 atom stereocenters. The highest BCUT2D eigenvalue weighted by molar-refractivity contribution is 5.95. The van der Waals surface area contributed by atoms with Crippen molar-refractivity contribution in [3.63, 3.8) is 0 Å². The van der Waals surface area contributed by atoms with E-state index in [0.717, 1.165) is 61.9 Å². The first-order valence-electron chi connectivity index (χ1n) is 12.9. The fourth-order valence-corrected chi connectivity index (χ4v) is 5.03. The van der Waals surface area contributed by atoms with Gasteiger partial charge in [-0.3, -0.25) is 4.79 Å². The summed E-state index contributed by atoms with van der Waals surface area (Å²) in [6.45, 7) is 4.07. The molecule has 1 aromatic carbocycles. The number of aliphatic hydroxyl groups excluding tert-OH is 2. The molecule has 35 heavy (non-hydrogen) atoms. The average molecular weight is 487 g/mol. The quantitative estimate of drug-likeness (QED) is 0.414. The zero-order valence-electron chi connectivity index (χ0n) is 20.6. The van der Waals surface area contributed by atoms with Crippen molar-refractivity contribution in [1.29, 1.82) is 0 Å². The third kappa shape index (κ3) is 6.95. The van der Waals surface area contributed by atoms with Crippen molar-refractivity contribution >= 4 is 11.9 Å². The maximum absolute atomic E-state index is 12.2. The SMILES string of the molecule is Cc1cc(OCCCC2CCN(c3noc(C4CCCC4)n3)CC2)ccc1C(=O)NC[C@H](O)CO. The maximum Gasteiger partial charge on any atom is 0.266 e. The summed E-state index contributed by atoms with van der Waals surface area (Å²) in [4.78, 5) is 19.2. The molecule has 1 aromatic heterocycles. The van der Waals surface area contributed by atoms with Gasteiger partial charge in [0, 0.05) is 31.1 Å². The van der Waals surface area contributed by atoms with Gasteiger partial charge in [0.15, 0.2) is 0 Å². The Kier molecular flexibility index (Phi) is 8.98. The van der Waals surface area contributed by atoms with Crippen LogP contribution in [0.25, 0.3) is 0 Å². The molecule has 9 nitrogen and oxygen atoms in total. The lowest BCUT2D eigenvalue weighted by atomic mass is 9.92. The number of benzene rings is 1. The van der Waals surface area contributed by atoms with Crippen molar-refractivity contribution in [2.75, 3.05) is 37.7 Å². The molecule has 1 saturated heterocycles. The summed E-state index contributed by atoms with van der Waals surface area (Å²) in [6.07, 6.45) is 8.27. The van der Waals surface area contributed by atoms with Crippen molar-refractivity contribution in [1.82, 2.24) is 15.5 Å². The summed E-state index contributed by atoms with van der Waals surface area (Å²) in [5.74, 6) is 3.18. The lowest BCUT2D eigenvalue weighted by Gasteiger charge is -2.30. The number of carbonyl (C=O) groups excluding carboxylic acids is 1. The average Bonchev–Trinajstić information content (AvgIpc) is 3.58. The Bertz CT molecular complexity index is 951. The van der Waals surface area contributed by atoms with Crippen molar-refractivity contribution in [2.45, 2.75) is 70.3 Å². The summed E-state index contributed by atoms with van der Waals surface area (Å²) in [6, 6.07) is 5.39. The standard InChI is InChI=1S/C26H38N4O5/c1-18-15-22(8-9-23(18)24(33)27-16-21(32)17-31)34-14-4-5-19-10-12-30(13-11-19)26-28-25(35-29-26)20-6-2-3-7-20/h8-9,15,19-21,31-32H,2-7,10-14,16-17H2,1H3,(H,27,33)/t21-/m0/s1. The van der Waals surface area contributed by atoms with Crippen LogP contribution in [0.2, 0.25) is 0 Å². The fraction of sp³-hybridized carbons (Fsp3) is 0.654. The molecule has 0 spiro atoms. The van der Waals surface area contributed by atoms with Crippen LogP contribution < -0.4 is 15.0 Å². The minimum atomic E-state index is -0.956. The number of anilines is 1. The number of hydrogen-bond acceptors (Lipinski definition) is 8. The third-order valence-electron chi connectivity index (χ3n) is 7.21. The van der Waals surface area contributed by atoms with E-state index >= 15 is 0 Å². The van der Waals surface area contributed by atoms with E-state index in [1.165, 1.54) is 25.7 Å². The smallest absolute Gasteiger partial charge is 0.266 e. The minimum absolute atomic E-state index is 0.0164. The number of aromatic nitrogens is 2. The first kappa shape index (κ1) is 25.4. The normalized spacial score (nSPS) is 18.1. The van der Waals surface area contributed by atoms with Crippen LogP contribution in [0.3, 0.4) is 0 Å². The van der Waals surface area contributed by atoms with Gasteiger partial charge in [0.2, 0.25) is 5.89 Å². The molecule has 9 heteroatoms. The molecular weight excluding hydrogens is 448 g/mol. The molecule has 1 saturated carbocycles. The van der Waals surface area contributed by atoms with Crippen molar-refractivity contribution in [3.8, 4) is 5.75 Å². The molecule has 2 aromatic rings. The minimum Gasteiger partial charge on any atom is -0.494 e.